The summed E-state index contributed by atoms with van der Waals surface area (Å²) in [5.41, 5.74) is 6.44. The zero-order chi connectivity index (χ0) is 21.9. The molecule has 0 aliphatic rings. The van der Waals surface area contributed by atoms with Gasteiger partial charge in [0, 0.05) is 21.5 Å². The molecule has 32 heavy (non-hydrogen) atoms. The molecule has 0 saturated heterocycles. The molecule has 1 amide bonds. The van der Waals surface area contributed by atoms with E-state index in [0.717, 1.165) is 32.8 Å². The summed E-state index contributed by atoms with van der Waals surface area (Å²) in [4.78, 5) is 17.8. The molecule has 5 aromatic rings. The van der Waals surface area contributed by atoms with Gasteiger partial charge >= 0.3 is 0 Å². The molecular weight excluding hydrogens is 418 g/mol. The summed E-state index contributed by atoms with van der Waals surface area (Å²) in [6.45, 7) is 0. The second-order valence-electron chi connectivity index (χ2n) is 7.35. The number of aromatic nitrogens is 1. The molecule has 0 bridgehead atoms. The Hall–Kier alpha value is -4.02. The summed E-state index contributed by atoms with van der Waals surface area (Å²) in [5.74, 6) is -0.296. The van der Waals surface area contributed by atoms with E-state index >= 15 is 0 Å². The fourth-order valence-electron chi connectivity index (χ4n) is 3.72. The highest BCUT2D eigenvalue weighted by molar-refractivity contribution is 6.30. The molecule has 0 aliphatic heterocycles. The lowest BCUT2D eigenvalue weighted by Gasteiger charge is -2.09. The standard InChI is InChI=1S/C27H18ClN3O/c28-21-14-12-19(13-15-21)26-16-24(23-10-3-4-11-25(23)30-26)27(32)31-29-17-20-8-5-7-18-6-1-2-9-22(18)20/h1-17H,(H,31,32). The maximum absolute atomic E-state index is 13.1. The average molecular weight is 436 g/mol. The summed E-state index contributed by atoms with van der Waals surface area (Å²) >= 11 is 6.02. The van der Waals surface area contributed by atoms with Gasteiger partial charge in [-0.15, -0.1) is 0 Å². The van der Waals surface area contributed by atoms with Gasteiger partial charge in [-0.25, -0.2) is 10.4 Å². The van der Waals surface area contributed by atoms with Crippen molar-refractivity contribution in [2.75, 3.05) is 0 Å². The maximum atomic E-state index is 13.1. The zero-order valence-corrected chi connectivity index (χ0v) is 17.8. The summed E-state index contributed by atoms with van der Waals surface area (Å²) in [6, 6.07) is 30.8. The van der Waals surface area contributed by atoms with Gasteiger partial charge in [-0.2, -0.15) is 5.10 Å². The predicted octanol–water partition coefficient (Wildman–Crippen LogP) is 6.47. The number of benzene rings is 4. The van der Waals surface area contributed by atoms with Crippen LogP contribution < -0.4 is 5.43 Å². The van der Waals surface area contributed by atoms with E-state index in [1.165, 1.54) is 0 Å². The minimum atomic E-state index is -0.296. The Balaban J connectivity index is 1.48. The minimum absolute atomic E-state index is 0.296. The number of para-hydroxylation sites is 1. The first-order valence-electron chi connectivity index (χ1n) is 10.2. The number of hydrazone groups is 1. The van der Waals surface area contributed by atoms with Crippen molar-refractivity contribution >= 4 is 45.4 Å². The summed E-state index contributed by atoms with van der Waals surface area (Å²) in [7, 11) is 0. The SMILES string of the molecule is O=C(NN=Cc1cccc2ccccc12)c1cc(-c2ccc(Cl)cc2)nc2ccccc12. The predicted molar refractivity (Wildman–Crippen MR) is 131 cm³/mol. The van der Waals surface area contributed by atoms with Crippen molar-refractivity contribution < 1.29 is 4.79 Å². The number of carbonyl (C=O) groups excluding carboxylic acids is 1. The van der Waals surface area contributed by atoms with E-state index in [2.05, 4.69) is 10.5 Å². The maximum Gasteiger partial charge on any atom is 0.272 e. The van der Waals surface area contributed by atoms with E-state index in [9.17, 15) is 4.79 Å². The van der Waals surface area contributed by atoms with Crippen LogP contribution in [-0.4, -0.2) is 17.1 Å². The van der Waals surface area contributed by atoms with Crippen LogP contribution >= 0.6 is 11.6 Å². The number of rotatable bonds is 4. The van der Waals surface area contributed by atoms with Crippen molar-refractivity contribution in [3.8, 4) is 11.3 Å². The van der Waals surface area contributed by atoms with Gasteiger partial charge in [-0.1, -0.05) is 84.4 Å². The molecule has 4 nitrogen and oxygen atoms in total. The number of amides is 1. The second-order valence-corrected chi connectivity index (χ2v) is 7.78. The molecule has 5 rings (SSSR count). The zero-order valence-electron chi connectivity index (χ0n) is 17.0. The molecule has 0 radical (unpaired) electrons. The van der Waals surface area contributed by atoms with E-state index in [-0.39, 0.29) is 5.91 Å². The third-order valence-corrected chi connectivity index (χ3v) is 5.55. The number of halogens is 1. The highest BCUT2D eigenvalue weighted by atomic mass is 35.5. The molecule has 5 heteroatoms. The Morgan fingerprint density at radius 1 is 0.844 bits per heavy atom. The van der Waals surface area contributed by atoms with E-state index in [0.29, 0.717) is 16.3 Å². The molecule has 0 saturated carbocycles. The van der Waals surface area contributed by atoms with Crippen molar-refractivity contribution in [3.05, 3.63) is 113 Å². The van der Waals surface area contributed by atoms with Crippen LogP contribution in [0.2, 0.25) is 5.02 Å². The molecule has 4 aromatic carbocycles. The number of pyridine rings is 1. The second kappa shape index (κ2) is 8.61. The summed E-state index contributed by atoms with van der Waals surface area (Å²) in [5, 5.41) is 7.84. The van der Waals surface area contributed by atoms with E-state index in [4.69, 9.17) is 16.6 Å². The van der Waals surface area contributed by atoms with Gasteiger partial charge in [0.1, 0.15) is 0 Å². The average Bonchev–Trinajstić information content (AvgIpc) is 2.84. The van der Waals surface area contributed by atoms with Crippen LogP contribution in [0.1, 0.15) is 15.9 Å². The number of hydrogen-bond donors (Lipinski definition) is 1. The lowest BCUT2D eigenvalue weighted by Crippen LogP contribution is -2.18. The lowest BCUT2D eigenvalue weighted by atomic mass is 10.0. The largest absolute Gasteiger partial charge is 0.272 e. The molecule has 1 heterocycles. The van der Waals surface area contributed by atoms with Crippen LogP contribution in [-0.2, 0) is 0 Å². The highest BCUT2D eigenvalue weighted by Gasteiger charge is 2.13. The minimum Gasteiger partial charge on any atom is -0.267 e. The van der Waals surface area contributed by atoms with Crippen LogP contribution in [0.4, 0.5) is 0 Å². The normalized spacial score (nSPS) is 11.3. The molecule has 1 aromatic heterocycles. The third kappa shape index (κ3) is 3.96. The Labute approximate surface area is 190 Å². The number of carbonyl (C=O) groups is 1. The van der Waals surface area contributed by atoms with Crippen molar-refractivity contribution in [2.45, 2.75) is 0 Å². The van der Waals surface area contributed by atoms with E-state index in [1.54, 1.807) is 12.3 Å². The number of nitrogens with one attached hydrogen (secondary N) is 1. The quantitative estimate of drug-likeness (QED) is 0.259. The molecule has 0 unspecified atom stereocenters. The van der Waals surface area contributed by atoms with Gasteiger partial charge in [0.25, 0.3) is 5.91 Å². The van der Waals surface area contributed by atoms with Crippen molar-refractivity contribution in [3.63, 3.8) is 0 Å². The first kappa shape index (κ1) is 19.9. The fraction of sp³-hybridized carbons (Fsp3) is 0. The number of hydrogen-bond acceptors (Lipinski definition) is 3. The number of fused-ring (bicyclic) bond motifs is 2. The molecule has 154 valence electrons. The molecule has 0 fully saturated rings. The molecule has 0 spiro atoms. The Bertz CT molecular complexity index is 1470. The van der Waals surface area contributed by atoms with Crippen molar-refractivity contribution in [2.24, 2.45) is 5.10 Å². The van der Waals surface area contributed by atoms with Gasteiger partial charge in [0.2, 0.25) is 0 Å². The van der Waals surface area contributed by atoms with Gasteiger partial charge in [0.05, 0.1) is 23.0 Å². The van der Waals surface area contributed by atoms with Gasteiger partial charge < -0.3 is 0 Å². The third-order valence-electron chi connectivity index (χ3n) is 5.29. The van der Waals surface area contributed by atoms with E-state index < -0.39 is 0 Å². The number of nitrogens with zero attached hydrogens (tertiary/aromatic N) is 2. The summed E-state index contributed by atoms with van der Waals surface area (Å²) in [6.07, 6.45) is 1.67. The van der Waals surface area contributed by atoms with Gasteiger partial charge in [-0.3, -0.25) is 4.79 Å². The van der Waals surface area contributed by atoms with Gasteiger partial charge in [-0.05, 0) is 35.0 Å². The Morgan fingerprint density at radius 2 is 1.56 bits per heavy atom. The molecule has 0 atom stereocenters. The smallest absolute Gasteiger partial charge is 0.267 e. The first-order valence-corrected chi connectivity index (χ1v) is 10.5. The monoisotopic (exact) mass is 435 g/mol. The molecular formula is C27H18ClN3O. The van der Waals surface area contributed by atoms with Crippen molar-refractivity contribution in [1.82, 2.24) is 10.4 Å². The first-order chi connectivity index (χ1) is 15.7. The van der Waals surface area contributed by atoms with Crippen LogP contribution in [0, 0.1) is 0 Å². The fourth-order valence-corrected chi connectivity index (χ4v) is 3.84. The van der Waals surface area contributed by atoms with Crippen LogP contribution in [0.5, 0.6) is 0 Å². The molecule has 1 N–H and O–H groups in total. The van der Waals surface area contributed by atoms with E-state index in [1.807, 2.05) is 91.0 Å². The topological polar surface area (TPSA) is 54.4 Å². The molecule has 0 aliphatic carbocycles. The van der Waals surface area contributed by atoms with Crippen LogP contribution in [0.15, 0.2) is 102 Å². The van der Waals surface area contributed by atoms with Crippen molar-refractivity contribution in [1.29, 1.82) is 0 Å². The highest BCUT2D eigenvalue weighted by Crippen LogP contribution is 2.26. The van der Waals surface area contributed by atoms with Gasteiger partial charge in [0.15, 0.2) is 0 Å². The lowest BCUT2D eigenvalue weighted by molar-refractivity contribution is 0.0956. The van der Waals surface area contributed by atoms with Crippen LogP contribution in [0.3, 0.4) is 0 Å². The Kier molecular flexibility index (Phi) is 5.36. The Morgan fingerprint density at radius 3 is 2.41 bits per heavy atom. The summed E-state index contributed by atoms with van der Waals surface area (Å²) < 4.78 is 0. The van der Waals surface area contributed by atoms with Crippen LogP contribution in [0.25, 0.3) is 32.9 Å².